The maximum atomic E-state index is 12.3. The van der Waals surface area contributed by atoms with Crippen molar-refractivity contribution in [2.24, 2.45) is 5.92 Å². The number of nitrogens with one attached hydrogen (secondary N) is 1. The van der Waals surface area contributed by atoms with Gasteiger partial charge >= 0.3 is 0 Å². The Morgan fingerprint density at radius 3 is 2.73 bits per heavy atom. The molecule has 26 heavy (non-hydrogen) atoms. The highest BCUT2D eigenvalue weighted by Gasteiger charge is 2.20. The third-order valence-electron chi connectivity index (χ3n) is 3.72. The third-order valence-corrected chi connectivity index (χ3v) is 4.68. The SMILES string of the molecule is CC(C)C(NC(=O)Cn1nnc(COc2ccccc2)n1)c1cccs1. The molecule has 0 spiro atoms. The van der Waals surface area contributed by atoms with Crippen LogP contribution in [-0.4, -0.2) is 26.1 Å². The van der Waals surface area contributed by atoms with Gasteiger partial charge in [0, 0.05) is 4.88 Å². The Bertz CT molecular complexity index is 817. The molecule has 3 aromatic rings. The van der Waals surface area contributed by atoms with Crippen LogP contribution in [0.1, 0.15) is 30.6 Å². The van der Waals surface area contributed by atoms with Crippen LogP contribution in [0.4, 0.5) is 0 Å². The predicted molar refractivity (Wildman–Crippen MR) is 98.6 cm³/mol. The zero-order valence-corrected chi connectivity index (χ0v) is 15.5. The highest BCUT2D eigenvalue weighted by molar-refractivity contribution is 7.10. The molecule has 0 bridgehead atoms. The lowest BCUT2D eigenvalue weighted by molar-refractivity contribution is -0.123. The molecule has 0 aliphatic carbocycles. The summed E-state index contributed by atoms with van der Waals surface area (Å²) < 4.78 is 5.58. The van der Waals surface area contributed by atoms with E-state index in [4.69, 9.17) is 4.74 Å². The minimum absolute atomic E-state index is 0.0208. The molecule has 0 radical (unpaired) electrons. The molecule has 7 nitrogen and oxygen atoms in total. The molecule has 1 N–H and O–H groups in total. The highest BCUT2D eigenvalue weighted by Crippen LogP contribution is 2.25. The third kappa shape index (κ3) is 4.89. The summed E-state index contributed by atoms with van der Waals surface area (Å²) >= 11 is 1.63. The molecule has 0 saturated carbocycles. The van der Waals surface area contributed by atoms with Gasteiger partial charge in [-0.3, -0.25) is 4.79 Å². The smallest absolute Gasteiger partial charge is 0.244 e. The number of carbonyl (C=O) groups excluding carboxylic acids is 1. The van der Waals surface area contributed by atoms with Crippen LogP contribution in [0, 0.1) is 5.92 Å². The number of aromatic nitrogens is 4. The lowest BCUT2D eigenvalue weighted by atomic mass is 10.0. The number of carbonyl (C=O) groups is 1. The van der Waals surface area contributed by atoms with E-state index in [1.807, 2.05) is 47.8 Å². The monoisotopic (exact) mass is 371 g/mol. The first-order chi connectivity index (χ1) is 12.6. The van der Waals surface area contributed by atoms with Crippen molar-refractivity contribution >= 4 is 17.2 Å². The van der Waals surface area contributed by atoms with Crippen LogP contribution >= 0.6 is 11.3 Å². The van der Waals surface area contributed by atoms with Crippen molar-refractivity contribution in [3.63, 3.8) is 0 Å². The first kappa shape index (κ1) is 18.1. The lowest BCUT2D eigenvalue weighted by Crippen LogP contribution is -2.34. The summed E-state index contributed by atoms with van der Waals surface area (Å²) in [4.78, 5) is 14.8. The van der Waals surface area contributed by atoms with E-state index in [0.29, 0.717) is 5.82 Å². The molecule has 136 valence electrons. The van der Waals surface area contributed by atoms with E-state index in [-0.39, 0.29) is 31.0 Å². The van der Waals surface area contributed by atoms with Gasteiger partial charge in [0.1, 0.15) is 12.3 Å². The second-order valence-electron chi connectivity index (χ2n) is 6.14. The number of amides is 1. The molecular formula is C18H21N5O2S. The first-order valence-corrected chi connectivity index (χ1v) is 9.27. The van der Waals surface area contributed by atoms with Crippen molar-refractivity contribution in [3.05, 3.63) is 58.5 Å². The van der Waals surface area contributed by atoms with Gasteiger partial charge < -0.3 is 10.1 Å². The number of hydrogen-bond donors (Lipinski definition) is 1. The fourth-order valence-electron chi connectivity index (χ4n) is 2.45. The summed E-state index contributed by atoms with van der Waals surface area (Å²) in [5.74, 6) is 1.30. The largest absolute Gasteiger partial charge is 0.485 e. The molecule has 1 aromatic carbocycles. The second-order valence-corrected chi connectivity index (χ2v) is 7.12. The van der Waals surface area contributed by atoms with Crippen LogP contribution in [0.25, 0.3) is 0 Å². The van der Waals surface area contributed by atoms with Crippen LogP contribution in [0.5, 0.6) is 5.75 Å². The molecule has 1 amide bonds. The molecule has 1 unspecified atom stereocenters. The molecule has 2 heterocycles. The molecule has 0 aliphatic rings. The van der Waals surface area contributed by atoms with Crippen molar-refractivity contribution < 1.29 is 9.53 Å². The number of tetrazole rings is 1. The van der Waals surface area contributed by atoms with Crippen molar-refractivity contribution in [2.75, 3.05) is 0 Å². The highest BCUT2D eigenvalue weighted by atomic mass is 32.1. The normalized spacial score (nSPS) is 12.1. The quantitative estimate of drug-likeness (QED) is 0.658. The van der Waals surface area contributed by atoms with Crippen LogP contribution < -0.4 is 10.1 Å². The number of benzene rings is 1. The summed E-state index contributed by atoms with van der Waals surface area (Å²) in [7, 11) is 0. The van der Waals surface area contributed by atoms with E-state index < -0.39 is 0 Å². The summed E-state index contributed by atoms with van der Waals surface area (Å²) in [6.07, 6.45) is 0. The minimum Gasteiger partial charge on any atom is -0.485 e. The van der Waals surface area contributed by atoms with Crippen LogP contribution in [0.2, 0.25) is 0 Å². The van der Waals surface area contributed by atoms with Gasteiger partial charge in [-0.05, 0) is 34.7 Å². The van der Waals surface area contributed by atoms with Crippen molar-refractivity contribution in [1.29, 1.82) is 0 Å². The molecule has 2 aromatic heterocycles. The van der Waals surface area contributed by atoms with Gasteiger partial charge in [0.25, 0.3) is 0 Å². The fraction of sp³-hybridized carbons (Fsp3) is 0.333. The molecular weight excluding hydrogens is 350 g/mol. The average Bonchev–Trinajstić information content (AvgIpc) is 3.30. The van der Waals surface area contributed by atoms with E-state index >= 15 is 0 Å². The molecule has 0 aliphatic heterocycles. The van der Waals surface area contributed by atoms with Gasteiger partial charge in [-0.25, -0.2) is 0 Å². The van der Waals surface area contributed by atoms with Crippen LogP contribution in [0.15, 0.2) is 47.8 Å². The van der Waals surface area contributed by atoms with E-state index in [0.717, 1.165) is 10.6 Å². The number of rotatable bonds is 8. The maximum Gasteiger partial charge on any atom is 0.244 e. The zero-order chi connectivity index (χ0) is 18.4. The van der Waals surface area contributed by atoms with Gasteiger partial charge in [0.2, 0.25) is 11.7 Å². The zero-order valence-electron chi connectivity index (χ0n) is 14.7. The number of hydrogen-bond acceptors (Lipinski definition) is 6. The second kappa shape index (κ2) is 8.57. The lowest BCUT2D eigenvalue weighted by Gasteiger charge is -2.21. The Labute approximate surface area is 156 Å². The average molecular weight is 371 g/mol. The van der Waals surface area contributed by atoms with Crippen LogP contribution in [0.3, 0.4) is 0 Å². The van der Waals surface area contributed by atoms with Gasteiger partial charge in [-0.1, -0.05) is 38.1 Å². The standard InChI is InChI=1S/C18H21N5O2S/c1-13(2)18(15-9-6-10-26-15)19-17(24)11-23-21-16(20-22-23)12-25-14-7-4-3-5-8-14/h3-10,13,18H,11-12H2,1-2H3,(H,19,24). The molecule has 1 atom stereocenters. The predicted octanol–water partition coefficient (Wildman–Crippen LogP) is 2.83. The summed E-state index contributed by atoms with van der Waals surface area (Å²) in [6, 6.07) is 13.4. The van der Waals surface area contributed by atoms with Gasteiger partial charge in [-0.15, -0.1) is 21.5 Å². The van der Waals surface area contributed by atoms with Crippen molar-refractivity contribution in [3.8, 4) is 5.75 Å². The topological polar surface area (TPSA) is 81.9 Å². The minimum atomic E-state index is -0.148. The van der Waals surface area contributed by atoms with E-state index in [2.05, 4.69) is 34.6 Å². The van der Waals surface area contributed by atoms with E-state index in [1.165, 1.54) is 4.80 Å². The molecule has 0 fully saturated rings. The Morgan fingerprint density at radius 1 is 1.23 bits per heavy atom. The Balaban J connectivity index is 1.54. The Kier molecular flexibility index (Phi) is 5.96. The van der Waals surface area contributed by atoms with E-state index in [9.17, 15) is 4.79 Å². The summed E-state index contributed by atoms with van der Waals surface area (Å²) in [5, 5.41) is 17.1. The molecule has 0 saturated heterocycles. The maximum absolute atomic E-state index is 12.3. The number of nitrogens with zero attached hydrogens (tertiary/aromatic N) is 4. The van der Waals surface area contributed by atoms with Crippen molar-refractivity contribution in [1.82, 2.24) is 25.5 Å². The number of para-hydroxylation sites is 1. The summed E-state index contributed by atoms with van der Waals surface area (Å²) in [6.45, 7) is 4.39. The Morgan fingerprint density at radius 2 is 2.04 bits per heavy atom. The fourth-order valence-corrected chi connectivity index (χ4v) is 3.40. The summed E-state index contributed by atoms with van der Waals surface area (Å²) in [5.41, 5.74) is 0. The first-order valence-electron chi connectivity index (χ1n) is 8.39. The molecule has 3 rings (SSSR count). The van der Waals surface area contributed by atoms with Crippen molar-refractivity contribution in [2.45, 2.75) is 33.0 Å². The van der Waals surface area contributed by atoms with Gasteiger partial charge in [0.15, 0.2) is 6.61 Å². The Hall–Kier alpha value is -2.74. The van der Waals surface area contributed by atoms with Crippen LogP contribution in [-0.2, 0) is 17.9 Å². The van der Waals surface area contributed by atoms with Gasteiger partial charge in [0.05, 0.1) is 6.04 Å². The molecule has 8 heteroatoms. The number of ether oxygens (including phenoxy) is 1. The van der Waals surface area contributed by atoms with Gasteiger partial charge in [-0.2, -0.15) is 4.80 Å². The van der Waals surface area contributed by atoms with E-state index in [1.54, 1.807) is 11.3 Å². The number of thiophene rings is 1.